The number of nitrogens with one attached hydrogen (secondary N) is 1. The molecule has 0 spiro atoms. The summed E-state index contributed by atoms with van der Waals surface area (Å²) < 4.78 is 10.5. The van der Waals surface area contributed by atoms with Crippen LogP contribution in [-0.2, 0) is 14.3 Å². The van der Waals surface area contributed by atoms with Crippen molar-refractivity contribution >= 4 is 22.8 Å². The van der Waals surface area contributed by atoms with Gasteiger partial charge in [0.2, 0.25) is 0 Å². The van der Waals surface area contributed by atoms with Crippen LogP contribution in [0.2, 0.25) is 0 Å². The second-order valence-electron chi connectivity index (χ2n) is 5.31. The highest BCUT2D eigenvalue weighted by Crippen LogP contribution is 2.23. The lowest BCUT2D eigenvalue weighted by molar-refractivity contribution is -0.144. The number of hydrogen-bond donors (Lipinski definition) is 1. The fourth-order valence-electron chi connectivity index (χ4n) is 1.98. The van der Waals surface area contributed by atoms with E-state index in [-0.39, 0.29) is 18.6 Å². The summed E-state index contributed by atoms with van der Waals surface area (Å²) in [5, 5.41) is 3.72. The largest absolute Gasteiger partial charge is 0.459 e. The van der Waals surface area contributed by atoms with Gasteiger partial charge in [-0.15, -0.1) is 0 Å². The van der Waals surface area contributed by atoms with Crippen molar-refractivity contribution in [3.8, 4) is 0 Å². The first-order valence-electron chi connectivity index (χ1n) is 7.05. The number of para-hydroxylation sites is 1. The number of rotatable bonds is 5. The molecule has 22 heavy (non-hydrogen) atoms. The minimum Gasteiger partial charge on any atom is -0.459 e. The summed E-state index contributed by atoms with van der Waals surface area (Å²) in [6, 6.07) is 9.21. The Morgan fingerprint density at radius 2 is 2.05 bits per heavy atom. The van der Waals surface area contributed by atoms with Gasteiger partial charge in [-0.05, 0) is 32.9 Å². The topological polar surface area (TPSA) is 68.5 Å². The number of esters is 1. The molecule has 2 aromatic rings. The number of fused-ring (bicyclic) bond motifs is 1. The number of hydrogen-bond acceptors (Lipinski definition) is 4. The number of carbonyl (C=O) groups is 2. The molecular weight excluding hydrogens is 282 g/mol. The molecule has 5 nitrogen and oxygen atoms in total. The fraction of sp³-hybridized carbons (Fsp3) is 0.294. The molecule has 1 atom stereocenters. The van der Waals surface area contributed by atoms with Gasteiger partial charge in [0.05, 0.1) is 6.04 Å². The van der Waals surface area contributed by atoms with E-state index in [1.807, 2.05) is 37.3 Å². The normalized spacial score (nSPS) is 11.8. The van der Waals surface area contributed by atoms with Gasteiger partial charge in [-0.25, -0.2) is 4.79 Å². The Morgan fingerprint density at radius 1 is 1.32 bits per heavy atom. The standard InChI is InChI=1S/C17H19NO4/c1-11(2)8-17(20)21-10-16(19)18-12(3)15-9-13-6-4-5-7-14(13)22-15/h4-9,12H,10H2,1-3H3,(H,18,19)/t12-/m0/s1. The Bertz CT molecular complexity index is 677. The summed E-state index contributed by atoms with van der Waals surface area (Å²) in [4.78, 5) is 23.1. The summed E-state index contributed by atoms with van der Waals surface area (Å²) in [6.45, 7) is 5.07. The average molecular weight is 301 g/mol. The first kappa shape index (κ1) is 15.8. The fourth-order valence-corrected chi connectivity index (χ4v) is 1.98. The quantitative estimate of drug-likeness (QED) is 0.680. The smallest absolute Gasteiger partial charge is 0.331 e. The van der Waals surface area contributed by atoms with Crippen LogP contribution < -0.4 is 5.32 Å². The average Bonchev–Trinajstić information content (AvgIpc) is 2.88. The molecule has 1 amide bonds. The third kappa shape index (κ3) is 4.22. The summed E-state index contributed by atoms with van der Waals surface area (Å²) in [6.07, 6.45) is 1.34. The van der Waals surface area contributed by atoms with Crippen LogP contribution >= 0.6 is 0 Å². The molecule has 0 radical (unpaired) electrons. The Morgan fingerprint density at radius 3 is 2.73 bits per heavy atom. The Hall–Kier alpha value is -2.56. The zero-order chi connectivity index (χ0) is 16.1. The molecule has 0 fully saturated rings. The minimum atomic E-state index is -0.522. The van der Waals surface area contributed by atoms with E-state index in [4.69, 9.17) is 9.15 Å². The molecule has 0 aliphatic rings. The Kier molecular flexibility index (Phi) is 4.99. The van der Waals surface area contributed by atoms with Gasteiger partial charge in [0.1, 0.15) is 11.3 Å². The van der Waals surface area contributed by atoms with E-state index in [1.165, 1.54) is 6.08 Å². The molecule has 1 N–H and O–H groups in total. The molecule has 0 bridgehead atoms. The summed E-state index contributed by atoms with van der Waals surface area (Å²) in [5.74, 6) is -0.236. The maximum atomic E-state index is 11.8. The minimum absolute atomic E-state index is 0.304. The van der Waals surface area contributed by atoms with Crippen LogP contribution in [0, 0.1) is 0 Å². The van der Waals surface area contributed by atoms with E-state index in [0.29, 0.717) is 5.76 Å². The molecule has 0 saturated heterocycles. The molecular formula is C17H19NO4. The number of furan rings is 1. The van der Waals surface area contributed by atoms with Crippen molar-refractivity contribution in [2.75, 3.05) is 6.61 Å². The predicted octanol–water partition coefficient (Wildman–Crippen LogP) is 3.12. The molecule has 0 unspecified atom stereocenters. The number of benzene rings is 1. The van der Waals surface area contributed by atoms with Crippen molar-refractivity contribution in [3.05, 3.63) is 47.7 Å². The van der Waals surface area contributed by atoms with Gasteiger partial charge in [0.15, 0.2) is 6.61 Å². The molecule has 2 rings (SSSR count). The van der Waals surface area contributed by atoms with Crippen molar-refractivity contribution in [2.45, 2.75) is 26.8 Å². The van der Waals surface area contributed by atoms with Gasteiger partial charge in [0.25, 0.3) is 5.91 Å². The number of allylic oxidation sites excluding steroid dienone is 1. The van der Waals surface area contributed by atoms with E-state index in [2.05, 4.69) is 5.32 Å². The highest BCUT2D eigenvalue weighted by Gasteiger charge is 2.15. The van der Waals surface area contributed by atoms with Crippen LogP contribution in [0.4, 0.5) is 0 Å². The first-order valence-corrected chi connectivity index (χ1v) is 7.05. The van der Waals surface area contributed by atoms with Gasteiger partial charge in [-0.3, -0.25) is 4.79 Å². The second-order valence-corrected chi connectivity index (χ2v) is 5.31. The van der Waals surface area contributed by atoms with Crippen LogP contribution in [0.15, 0.2) is 46.4 Å². The SMILES string of the molecule is CC(C)=CC(=O)OCC(=O)N[C@@H](C)c1cc2ccccc2o1. The van der Waals surface area contributed by atoms with Crippen molar-refractivity contribution in [1.29, 1.82) is 0 Å². The van der Waals surface area contributed by atoms with Crippen LogP contribution in [0.3, 0.4) is 0 Å². The lowest BCUT2D eigenvalue weighted by Crippen LogP contribution is -2.30. The summed E-state index contributed by atoms with van der Waals surface area (Å²) >= 11 is 0. The monoisotopic (exact) mass is 301 g/mol. The van der Waals surface area contributed by atoms with E-state index in [9.17, 15) is 9.59 Å². The lowest BCUT2D eigenvalue weighted by Gasteiger charge is -2.11. The van der Waals surface area contributed by atoms with E-state index >= 15 is 0 Å². The molecule has 0 saturated carbocycles. The van der Waals surface area contributed by atoms with E-state index in [1.54, 1.807) is 13.8 Å². The number of ether oxygens (including phenoxy) is 1. The zero-order valence-electron chi connectivity index (χ0n) is 12.9. The zero-order valence-corrected chi connectivity index (χ0v) is 12.9. The van der Waals surface area contributed by atoms with Crippen LogP contribution in [0.25, 0.3) is 11.0 Å². The molecule has 1 heterocycles. The Labute approximate surface area is 128 Å². The van der Waals surface area contributed by atoms with Gasteiger partial charge >= 0.3 is 5.97 Å². The van der Waals surface area contributed by atoms with Gasteiger partial charge in [-0.2, -0.15) is 0 Å². The summed E-state index contributed by atoms with van der Waals surface area (Å²) in [5.41, 5.74) is 1.59. The third-order valence-corrected chi connectivity index (χ3v) is 3.00. The van der Waals surface area contributed by atoms with Crippen molar-refractivity contribution < 1.29 is 18.7 Å². The van der Waals surface area contributed by atoms with Crippen LogP contribution in [-0.4, -0.2) is 18.5 Å². The highest BCUT2D eigenvalue weighted by atomic mass is 16.5. The third-order valence-electron chi connectivity index (χ3n) is 3.00. The molecule has 1 aromatic heterocycles. The van der Waals surface area contributed by atoms with Gasteiger partial charge < -0.3 is 14.5 Å². The van der Waals surface area contributed by atoms with Crippen LogP contribution in [0.5, 0.6) is 0 Å². The first-order chi connectivity index (χ1) is 10.5. The lowest BCUT2D eigenvalue weighted by atomic mass is 10.2. The van der Waals surface area contributed by atoms with Crippen molar-refractivity contribution in [2.24, 2.45) is 0 Å². The molecule has 116 valence electrons. The van der Waals surface area contributed by atoms with E-state index < -0.39 is 5.97 Å². The summed E-state index contributed by atoms with van der Waals surface area (Å²) in [7, 11) is 0. The van der Waals surface area contributed by atoms with Crippen molar-refractivity contribution in [1.82, 2.24) is 5.32 Å². The second kappa shape index (κ2) is 6.93. The van der Waals surface area contributed by atoms with Crippen LogP contribution in [0.1, 0.15) is 32.6 Å². The predicted molar refractivity (Wildman–Crippen MR) is 83.2 cm³/mol. The maximum Gasteiger partial charge on any atom is 0.331 e. The highest BCUT2D eigenvalue weighted by molar-refractivity contribution is 5.86. The van der Waals surface area contributed by atoms with Gasteiger partial charge in [-0.1, -0.05) is 23.8 Å². The van der Waals surface area contributed by atoms with Gasteiger partial charge in [0, 0.05) is 11.5 Å². The molecule has 5 heteroatoms. The number of carbonyl (C=O) groups excluding carboxylic acids is 2. The Balaban J connectivity index is 1.91. The molecule has 1 aromatic carbocycles. The van der Waals surface area contributed by atoms with E-state index in [0.717, 1.165) is 16.5 Å². The van der Waals surface area contributed by atoms with Crippen molar-refractivity contribution in [3.63, 3.8) is 0 Å². The molecule has 0 aliphatic carbocycles. The number of amides is 1. The molecule has 0 aliphatic heterocycles. The maximum absolute atomic E-state index is 11.8.